The van der Waals surface area contributed by atoms with Crippen LogP contribution >= 0.6 is 24.0 Å². The molecule has 0 spiro atoms. The van der Waals surface area contributed by atoms with E-state index < -0.39 is 0 Å². The van der Waals surface area contributed by atoms with Gasteiger partial charge in [-0.3, -0.25) is 19.1 Å². The highest BCUT2D eigenvalue weighted by molar-refractivity contribution is 8.26. The number of piperazine rings is 1. The number of thioether (sulfide) groups is 1. The standard InChI is InChI=1S/C29H34FN5O2S2/c1-4-6-12-34-26(33-16-14-32(15-17-33)24-11-9-8-10-23(24)30)21(20(3)22(19-31)27(34)36)18-25-28(37)35(13-7-5-2)29(38)39-25/h8-11,18H,4-7,12-17H2,1-3H3/b25-18+. The molecule has 0 aliphatic carbocycles. The van der Waals surface area contributed by atoms with Crippen LogP contribution in [0.25, 0.3) is 6.08 Å². The third kappa shape index (κ3) is 5.89. The Labute approximate surface area is 238 Å². The maximum atomic E-state index is 14.5. The molecule has 206 valence electrons. The predicted molar refractivity (Wildman–Crippen MR) is 161 cm³/mol. The summed E-state index contributed by atoms with van der Waals surface area (Å²) in [5, 5.41) is 9.91. The van der Waals surface area contributed by atoms with Gasteiger partial charge in [-0.1, -0.05) is 62.8 Å². The number of thiocarbonyl (C=S) groups is 1. The Morgan fingerprint density at radius 2 is 1.69 bits per heavy atom. The maximum Gasteiger partial charge on any atom is 0.270 e. The Morgan fingerprint density at radius 3 is 2.33 bits per heavy atom. The van der Waals surface area contributed by atoms with Gasteiger partial charge in [0.1, 0.15) is 27.6 Å². The number of amides is 1. The third-order valence-electron chi connectivity index (χ3n) is 7.24. The summed E-state index contributed by atoms with van der Waals surface area (Å²) in [5.74, 6) is 0.306. The van der Waals surface area contributed by atoms with Gasteiger partial charge in [-0.15, -0.1) is 0 Å². The molecule has 1 amide bonds. The molecule has 2 aliphatic heterocycles. The first-order valence-electron chi connectivity index (χ1n) is 13.5. The van der Waals surface area contributed by atoms with E-state index in [2.05, 4.69) is 24.8 Å². The van der Waals surface area contributed by atoms with Gasteiger partial charge in [-0.2, -0.15) is 5.26 Å². The van der Waals surface area contributed by atoms with Crippen LogP contribution in [-0.4, -0.2) is 52.4 Å². The van der Waals surface area contributed by atoms with Crippen LogP contribution in [-0.2, 0) is 11.3 Å². The number of benzene rings is 1. The number of hydrogen-bond donors (Lipinski definition) is 0. The normalized spacial score (nSPS) is 16.9. The van der Waals surface area contributed by atoms with E-state index in [9.17, 15) is 19.2 Å². The minimum absolute atomic E-state index is 0.0903. The topological polar surface area (TPSA) is 72.6 Å². The van der Waals surface area contributed by atoms with Crippen molar-refractivity contribution in [1.82, 2.24) is 9.47 Å². The lowest BCUT2D eigenvalue weighted by molar-refractivity contribution is -0.122. The van der Waals surface area contributed by atoms with Crippen molar-refractivity contribution in [2.45, 2.75) is 53.0 Å². The minimum atomic E-state index is -0.317. The van der Waals surface area contributed by atoms with Crippen LogP contribution in [0.3, 0.4) is 0 Å². The molecule has 2 fully saturated rings. The van der Waals surface area contributed by atoms with E-state index in [0.29, 0.717) is 71.1 Å². The zero-order valence-corrected chi connectivity index (χ0v) is 24.3. The lowest BCUT2D eigenvalue weighted by Gasteiger charge is -2.39. The fourth-order valence-electron chi connectivity index (χ4n) is 5.02. The van der Waals surface area contributed by atoms with Gasteiger partial charge in [-0.25, -0.2) is 4.39 Å². The average Bonchev–Trinajstić information content (AvgIpc) is 3.20. The Bertz CT molecular complexity index is 1390. The lowest BCUT2D eigenvalue weighted by Crippen LogP contribution is -2.49. The second kappa shape index (κ2) is 12.8. The Morgan fingerprint density at radius 1 is 1.05 bits per heavy atom. The molecule has 0 atom stereocenters. The van der Waals surface area contributed by atoms with Crippen molar-refractivity contribution < 1.29 is 9.18 Å². The number of unbranched alkanes of at least 4 members (excludes halogenated alkanes) is 2. The largest absolute Gasteiger partial charge is 0.366 e. The van der Waals surface area contributed by atoms with Crippen LogP contribution in [0.1, 0.15) is 56.2 Å². The first kappa shape index (κ1) is 28.8. The highest BCUT2D eigenvalue weighted by atomic mass is 32.2. The molecule has 39 heavy (non-hydrogen) atoms. The molecule has 7 nitrogen and oxygen atoms in total. The van der Waals surface area contributed by atoms with Crippen molar-refractivity contribution in [2.75, 3.05) is 42.5 Å². The predicted octanol–water partition coefficient (Wildman–Crippen LogP) is 5.30. The van der Waals surface area contributed by atoms with E-state index >= 15 is 0 Å². The number of nitriles is 1. The summed E-state index contributed by atoms with van der Waals surface area (Å²) in [6.07, 6.45) is 5.27. The number of rotatable bonds is 9. The smallest absolute Gasteiger partial charge is 0.270 e. The van der Waals surface area contributed by atoms with Gasteiger partial charge in [0, 0.05) is 44.8 Å². The van der Waals surface area contributed by atoms with Crippen LogP contribution < -0.4 is 15.4 Å². The molecular weight excluding hydrogens is 533 g/mol. The second-order valence-electron chi connectivity index (χ2n) is 9.77. The van der Waals surface area contributed by atoms with E-state index in [1.165, 1.54) is 17.8 Å². The van der Waals surface area contributed by atoms with Gasteiger partial charge >= 0.3 is 0 Å². The maximum absolute atomic E-state index is 14.5. The summed E-state index contributed by atoms with van der Waals surface area (Å²) in [4.78, 5) is 33.1. The number of hydrogen-bond acceptors (Lipinski definition) is 7. The molecule has 1 aromatic heterocycles. The molecule has 3 heterocycles. The Hall–Kier alpha value is -3.16. The molecule has 0 saturated carbocycles. The summed E-state index contributed by atoms with van der Waals surface area (Å²) in [6.45, 7) is 9.19. The Kier molecular flexibility index (Phi) is 9.46. The lowest BCUT2D eigenvalue weighted by atomic mass is 10.0. The van der Waals surface area contributed by atoms with Crippen molar-refractivity contribution in [1.29, 1.82) is 5.26 Å². The van der Waals surface area contributed by atoms with Crippen molar-refractivity contribution in [3.63, 3.8) is 0 Å². The van der Waals surface area contributed by atoms with Gasteiger partial charge in [0.05, 0.1) is 10.6 Å². The highest BCUT2D eigenvalue weighted by Crippen LogP contribution is 2.36. The minimum Gasteiger partial charge on any atom is -0.366 e. The molecule has 0 radical (unpaired) electrons. The van der Waals surface area contributed by atoms with E-state index in [1.807, 2.05) is 17.0 Å². The van der Waals surface area contributed by atoms with Crippen LogP contribution in [0.2, 0.25) is 0 Å². The molecule has 0 bridgehead atoms. The second-order valence-corrected chi connectivity index (χ2v) is 11.4. The molecule has 2 aromatic rings. The van der Waals surface area contributed by atoms with Crippen molar-refractivity contribution >= 4 is 51.8 Å². The zero-order chi connectivity index (χ0) is 28.1. The summed E-state index contributed by atoms with van der Waals surface area (Å²) < 4.78 is 16.7. The molecule has 0 unspecified atom stereocenters. The number of nitrogens with zero attached hydrogens (tertiary/aromatic N) is 5. The summed E-state index contributed by atoms with van der Waals surface area (Å²) >= 11 is 6.77. The van der Waals surface area contributed by atoms with E-state index in [1.54, 1.807) is 28.5 Å². The SMILES string of the molecule is CCCCN1C(=O)/C(=C\c2c(C)c(C#N)c(=O)n(CCCC)c2N2CCN(c3ccccc3F)CC2)SC1=S. The van der Waals surface area contributed by atoms with Gasteiger partial charge in [0.2, 0.25) is 0 Å². The molecular formula is C29H34FN5O2S2. The monoisotopic (exact) mass is 567 g/mol. The Balaban J connectivity index is 1.78. The summed E-state index contributed by atoms with van der Waals surface area (Å²) in [5.41, 5.74) is 1.58. The van der Waals surface area contributed by atoms with Gasteiger partial charge < -0.3 is 9.80 Å². The number of anilines is 2. The fraction of sp³-hybridized carbons (Fsp3) is 0.448. The average molecular weight is 568 g/mol. The summed E-state index contributed by atoms with van der Waals surface area (Å²) in [6, 6.07) is 8.85. The number of halogens is 1. The van der Waals surface area contributed by atoms with Crippen LogP contribution in [0.5, 0.6) is 0 Å². The molecule has 0 N–H and O–H groups in total. The highest BCUT2D eigenvalue weighted by Gasteiger charge is 2.33. The summed E-state index contributed by atoms with van der Waals surface area (Å²) in [7, 11) is 0. The molecule has 2 aliphatic rings. The van der Waals surface area contributed by atoms with Crippen LogP contribution in [0.15, 0.2) is 34.0 Å². The zero-order valence-electron chi connectivity index (χ0n) is 22.7. The molecule has 2 saturated heterocycles. The number of pyridine rings is 1. The first-order chi connectivity index (χ1) is 18.8. The van der Waals surface area contributed by atoms with Crippen molar-refractivity contribution in [3.05, 3.63) is 62.0 Å². The van der Waals surface area contributed by atoms with Crippen molar-refractivity contribution in [3.8, 4) is 6.07 Å². The van der Waals surface area contributed by atoms with Crippen molar-refractivity contribution in [2.24, 2.45) is 0 Å². The van der Waals surface area contributed by atoms with Gasteiger partial charge in [0.25, 0.3) is 11.5 Å². The van der Waals surface area contributed by atoms with Crippen LogP contribution in [0.4, 0.5) is 15.9 Å². The fourth-order valence-corrected chi connectivity index (χ4v) is 6.31. The first-order valence-corrected chi connectivity index (χ1v) is 14.7. The van der Waals surface area contributed by atoms with E-state index in [-0.39, 0.29) is 22.8 Å². The van der Waals surface area contributed by atoms with Crippen LogP contribution in [0, 0.1) is 24.1 Å². The number of carbonyl (C=O) groups is 1. The number of carbonyl (C=O) groups excluding carboxylic acids is 1. The third-order valence-corrected chi connectivity index (χ3v) is 8.62. The molecule has 4 rings (SSSR count). The van der Waals surface area contributed by atoms with E-state index in [0.717, 1.165) is 25.7 Å². The molecule has 10 heteroatoms. The molecule has 1 aromatic carbocycles. The number of para-hydroxylation sites is 1. The van der Waals surface area contributed by atoms with Gasteiger partial charge in [-0.05, 0) is 43.5 Å². The van der Waals surface area contributed by atoms with E-state index in [4.69, 9.17) is 12.2 Å². The quantitative estimate of drug-likeness (QED) is 0.301. The number of aromatic nitrogens is 1. The van der Waals surface area contributed by atoms with Gasteiger partial charge in [0.15, 0.2) is 0 Å².